The summed E-state index contributed by atoms with van der Waals surface area (Å²) < 4.78 is 31.2. The molecule has 0 N–H and O–H groups in total. The van der Waals surface area contributed by atoms with E-state index < -0.39 is 21.6 Å². The summed E-state index contributed by atoms with van der Waals surface area (Å²) in [5, 5.41) is 0. The highest BCUT2D eigenvalue weighted by Gasteiger charge is 2.37. The van der Waals surface area contributed by atoms with Crippen LogP contribution in [0.25, 0.3) is 5.57 Å². The Bertz CT molecular complexity index is 1220. The lowest BCUT2D eigenvalue weighted by Gasteiger charge is -2.24. The number of sulfone groups is 1. The average molecular weight is 404 g/mol. The van der Waals surface area contributed by atoms with E-state index in [0.29, 0.717) is 16.7 Å². The second-order valence-electron chi connectivity index (χ2n) is 6.43. The first-order chi connectivity index (χ1) is 14.0. The van der Waals surface area contributed by atoms with Crippen LogP contribution < -0.4 is 0 Å². The topological polar surface area (TPSA) is 77.5 Å². The van der Waals surface area contributed by atoms with E-state index in [1.165, 1.54) is 19.2 Å². The minimum atomic E-state index is -3.79. The number of Topliss-reactive ketones (excluding diaryl/α,β-unsaturated/α-hetero) is 1. The summed E-state index contributed by atoms with van der Waals surface area (Å²) in [5.74, 6) is -1.35. The van der Waals surface area contributed by atoms with Crippen molar-refractivity contribution in [2.45, 2.75) is 9.79 Å². The highest BCUT2D eigenvalue weighted by molar-refractivity contribution is 7.91. The van der Waals surface area contributed by atoms with E-state index in [1.54, 1.807) is 66.7 Å². The third-order valence-electron chi connectivity index (χ3n) is 4.79. The van der Waals surface area contributed by atoms with Crippen LogP contribution in [0.2, 0.25) is 0 Å². The lowest BCUT2D eigenvalue weighted by Crippen LogP contribution is -2.21. The maximum atomic E-state index is 13.3. The van der Waals surface area contributed by atoms with Gasteiger partial charge in [-0.2, -0.15) is 0 Å². The Morgan fingerprint density at radius 2 is 1.21 bits per heavy atom. The van der Waals surface area contributed by atoms with Gasteiger partial charge in [0.15, 0.2) is 0 Å². The van der Waals surface area contributed by atoms with Crippen molar-refractivity contribution in [2.75, 3.05) is 7.11 Å². The third kappa shape index (κ3) is 2.98. The van der Waals surface area contributed by atoms with Crippen molar-refractivity contribution in [1.82, 2.24) is 0 Å². The highest BCUT2D eigenvalue weighted by atomic mass is 32.2. The molecule has 1 aliphatic heterocycles. The van der Waals surface area contributed by atoms with E-state index in [1.807, 2.05) is 0 Å². The molecule has 4 rings (SSSR count). The number of benzene rings is 3. The van der Waals surface area contributed by atoms with Crippen LogP contribution in [0.3, 0.4) is 0 Å². The van der Waals surface area contributed by atoms with Crippen LogP contribution in [-0.2, 0) is 19.4 Å². The number of fused-ring (bicyclic) bond motifs is 2. The van der Waals surface area contributed by atoms with Crippen LogP contribution >= 0.6 is 0 Å². The highest BCUT2D eigenvalue weighted by Crippen LogP contribution is 2.43. The lowest BCUT2D eigenvalue weighted by molar-refractivity contribution is -0.135. The standard InChI is InChI=1S/C23H16O5S/c1-28-23(25)21(22(24)15-9-3-2-4-10-15)20-16-11-5-7-13-18(16)29(26,27)19-14-8-6-12-17(19)20/h2-14H,1H3. The summed E-state index contributed by atoms with van der Waals surface area (Å²) in [6.07, 6.45) is 0. The fourth-order valence-electron chi connectivity index (χ4n) is 3.49. The molecule has 0 fully saturated rings. The molecule has 0 atom stereocenters. The van der Waals surface area contributed by atoms with Crippen LogP contribution in [0.1, 0.15) is 21.5 Å². The normalized spacial score (nSPS) is 13.8. The molecule has 5 nitrogen and oxygen atoms in total. The molecule has 3 aromatic rings. The fourth-order valence-corrected chi connectivity index (χ4v) is 5.16. The van der Waals surface area contributed by atoms with E-state index in [2.05, 4.69) is 0 Å². The summed E-state index contributed by atoms with van der Waals surface area (Å²) in [6, 6.07) is 21.1. The zero-order chi connectivity index (χ0) is 20.6. The molecule has 0 aromatic heterocycles. The predicted molar refractivity (Wildman–Crippen MR) is 107 cm³/mol. The Morgan fingerprint density at radius 1 is 0.724 bits per heavy atom. The second kappa shape index (κ2) is 7.14. The van der Waals surface area contributed by atoms with Gasteiger partial charge in [0.2, 0.25) is 15.6 Å². The van der Waals surface area contributed by atoms with Gasteiger partial charge in [-0.15, -0.1) is 0 Å². The first-order valence-electron chi connectivity index (χ1n) is 8.83. The molecule has 0 aliphatic carbocycles. The summed E-state index contributed by atoms with van der Waals surface area (Å²) in [5.41, 5.74) is 0.968. The first-order valence-corrected chi connectivity index (χ1v) is 10.3. The Balaban J connectivity index is 2.14. The number of ketones is 1. The van der Waals surface area contributed by atoms with Crippen molar-refractivity contribution in [3.8, 4) is 0 Å². The summed E-state index contributed by atoms with van der Waals surface area (Å²) in [4.78, 5) is 26.2. The number of carbonyl (C=O) groups is 2. The fraction of sp³-hybridized carbons (Fsp3) is 0.0435. The zero-order valence-electron chi connectivity index (χ0n) is 15.5. The van der Waals surface area contributed by atoms with E-state index >= 15 is 0 Å². The molecule has 0 spiro atoms. The maximum absolute atomic E-state index is 13.3. The smallest absolute Gasteiger partial charge is 0.342 e. The Morgan fingerprint density at radius 3 is 1.72 bits per heavy atom. The number of hydrogen-bond donors (Lipinski definition) is 0. The van der Waals surface area contributed by atoms with Gasteiger partial charge in [-0.1, -0.05) is 66.7 Å². The van der Waals surface area contributed by atoms with Gasteiger partial charge in [-0.25, -0.2) is 13.2 Å². The SMILES string of the molecule is COC(=O)C(C(=O)c1ccccc1)=C1c2ccccc2S(=O)(=O)c2ccccc21. The van der Waals surface area contributed by atoms with Gasteiger partial charge < -0.3 is 4.74 Å². The number of ether oxygens (including phenoxy) is 1. The Labute approximate surface area is 168 Å². The molecule has 0 saturated carbocycles. The minimum absolute atomic E-state index is 0.0518. The van der Waals surface area contributed by atoms with Crippen molar-refractivity contribution in [2.24, 2.45) is 0 Å². The molecule has 3 aromatic carbocycles. The number of carbonyl (C=O) groups excluding carboxylic acids is 2. The molecule has 6 heteroatoms. The second-order valence-corrected chi connectivity index (χ2v) is 8.32. The van der Waals surface area contributed by atoms with Crippen molar-refractivity contribution in [1.29, 1.82) is 0 Å². The van der Waals surface area contributed by atoms with Crippen molar-refractivity contribution < 1.29 is 22.7 Å². The van der Waals surface area contributed by atoms with Gasteiger partial charge in [0.1, 0.15) is 5.57 Å². The molecule has 0 amide bonds. The van der Waals surface area contributed by atoms with E-state index in [-0.39, 0.29) is 20.9 Å². The van der Waals surface area contributed by atoms with Crippen molar-refractivity contribution in [3.63, 3.8) is 0 Å². The molecule has 0 saturated heterocycles. The van der Waals surface area contributed by atoms with Crippen LogP contribution in [-0.4, -0.2) is 27.3 Å². The average Bonchev–Trinajstić information content (AvgIpc) is 2.76. The Hall–Kier alpha value is -3.51. The molecule has 0 unspecified atom stereocenters. The van der Waals surface area contributed by atoms with Gasteiger partial charge >= 0.3 is 5.97 Å². The molecular weight excluding hydrogens is 388 g/mol. The molecule has 0 radical (unpaired) electrons. The molecule has 0 bridgehead atoms. The van der Waals surface area contributed by atoms with Crippen LogP contribution in [0.5, 0.6) is 0 Å². The maximum Gasteiger partial charge on any atom is 0.342 e. The summed E-state index contributed by atoms with van der Waals surface area (Å²) in [7, 11) is -2.60. The van der Waals surface area contributed by atoms with E-state index in [0.717, 1.165) is 0 Å². The summed E-state index contributed by atoms with van der Waals surface area (Å²) >= 11 is 0. The van der Waals surface area contributed by atoms with Gasteiger partial charge in [0.05, 0.1) is 16.9 Å². The van der Waals surface area contributed by atoms with Crippen LogP contribution in [0, 0.1) is 0 Å². The quantitative estimate of drug-likeness (QED) is 0.171. The number of esters is 1. The van der Waals surface area contributed by atoms with E-state index in [9.17, 15) is 18.0 Å². The minimum Gasteiger partial charge on any atom is -0.465 e. The molecule has 1 heterocycles. The number of hydrogen-bond acceptors (Lipinski definition) is 5. The third-order valence-corrected chi connectivity index (χ3v) is 6.66. The van der Waals surface area contributed by atoms with E-state index in [4.69, 9.17) is 4.74 Å². The number of methoxy groups -OCH3 is 1. The van der Waals surface area contributed by atoms with Crippen LogP contribution in [0.4, 0.5) is 0 Å². The molecule has 144 valence electrons. The molecular formula is C23H16O5S. The van der Waals surface area contributed by atoms with Crippen molar-refractivity contribution in [3.05, 3.63) is 101 Å². The van der Waals surface area contributed by atoms with Gasteiger partial charge in [0, 0.05) is 22.3 Å². The molecule has 29 heavy (non-hydrogen) atoms. The zero-order valence-corrected chi connectivity index (χ0v) is 16.3. The Kier molecular flexibility index (Phi) is 4.64. The van der Waals surface area contributed by atoms with Crippen molar-refractivity contribution >= 4 is 27.2 Å². The first kappa shape index (κ1) is 18.8. The monoisotopic (exact) mass is 404 g/mol. The number of rotatable bonds is 3. The van der Waals surface area contributed by atoms with Gasteiger partial charge in [-0.05, 0) is 12.1 Å². The summed E-state index contributed by atoms with van der Waals surface area (Å²) in [6.45, 7) is 0. The predicted octanol–water partition coefficient (Wildman–Crippen LogP) is 3.69. The molecule has 1 aliphatic rings. The van der Waals surface area contributed by atoms with Crippen LogP contribution in [0.15, 0.2) is 94.2 Å². The van der Waals surface area contributed by atoms with Gasteiger partial charge in [-0.3, -0.25) is 4.79 Å². The lowest BCUT2D eigenvalue weighted by atomic mass is 9.88. The van der Waals surface area contributed by atoms with Gasteiger partial charge in [0.25, 0.3) is 0 Å². The largest absolute Gasteiger partial charge is 0.465 e.